The predicted octanol–water partition coefficient (Wildman–Crippen LogP) is 5.84. The highest BCUT2D eigenvalue weighted by molar-refractivity contribution is 9.11. The van der Waals surface area contributed by atoms with E-state index in [1.54, 1.807) is 13.2 Å². The average molecular weight is 453 g/mol. The van der Waals surface area contributed by atoms with Gasteiger partial charge in [0, 0.05) is 0 Å². The number of alkyl halides is 1. The van der Waals surface area contributed by atoms with E-state index in [0.29, 0.717) is 4.47 Å². The second kappa shape index (κ2) is 6.37. The van der Waals surface area contributed by atoms with E-state index in [4.69, 9.17) is 4.74 Å². The quantitative estimate of drug-likeness (QED) is 0.531. The molecule has 0 fully saturated rings. The molecule has 0 heterocycles. The summed E-state index contributed by atoms with van der Waals surface area (Å²) < 4.78 is 20.1. The number of rotatable bonds is 3. The van der Waals surface area contributed by atoms with Crippen LogP contribution in [0, 0.1) is 5.82 Å². The highest BCUT2D eigenvalue weighted by Crippen LogP contribution is 2.38. The van der Waals surface area contributed by atoms with Crippen molar-refractivity contribution in [1.82, 2.24) is 0 Å². The zero-order valence-corrected chi connectivity index (χ0v) is 14.7. The summed E-state index contributed by atoms with van der Waals surface area (Å²) >= 11 is 10.3. The Morgan fingerprint density at radius 3 is 2.53 bits per heavy atom. The van der Waals surface area contributed by atoms with E-state index >= 15 is 0 Å². The lowest BCUT2D eigenvalue weighted by Crippen LogP contribution is -1.96. The summed E-state index contributed by atoms with van der Waals surface area (Å²) in [5.41, 5.74) is 1.86. The van der Waals surface area contributed by atoms with Crippen LogP contribution < -0.4 is 4.74 Å². The highest BCUT2D eigenvalue weighted by atomic mass is 79.9. The Kier molecular flexibility index (Phi) is 5.03. The van der Waals surface area contributed by atoms with E-state index in [0.717, 1.165) is 21.3 Å². The Morgan fingerprint density at radius 1 is 1.16 bits per heavy atom. The molecule has 1 nitrogen and oxygen atoms in total. The molecule has 0 N–H and O–H groups in total. The van der Waals surface area contributed by atoms with Crippen LogP contribution in [0.3, 0.4) is 0 Å². The van der Waals surface area contributed by atoms with Gasteiger partial charge < -0.3 is 4.74 Å². The van der Waals surface area contributed by atoms with E-state index in [2.05, 4.69) is 47.8 Å². The van der Waals surface area contributed by atoms with Crippen molar-refractivity contribution in [3.05, 3.63) is 62.3 Å². The largest absolute Gasteiger partial charge is 0.496 e. The van der Waals surface area contributed by atoms with Gasteiger partial charge in [-0.15, -0.1) is 0 Å². The zero-order chi connectivity index (χ0) is 14.0. The van der Waals surface area contributed by atoms with E-state index in [1.165, 1.54) is 6.07 Å². The van der Waals surface area contributed by atoms with Crippen LogP contribution in [0.5, 0.6) is 5.75 Å². The summed E-state index contributed by atoms with van der Waals surface area (Å²) in [6, 6.07) is 10.8. The fraction of sp³-hybridized carbons (Fsp3) is 0.143. The van der Waals surface area contributed by atoms with Crippen molar-refractivity contribution in [1.29, 1.82) is 0 Å². The van der Waals surface area contributed by atoms with Gasteiger partial charge in [-0.3, -0.25) is 0 Å². The van der Waals surface area contributed by atoms with E-state index in [1.807, 2.05) is 24.3 Å². The summed E-state index contributed by atoms with van der Waals surface area (Å²) in [6.07, 6.45) is 0. The van der Waals surface area contributed by atoms with Gasteiger partial charge in [0.25, 0.3) is 0 Å². The van der Waals surface area contributed by atoms with Gasteiger partial charge in [0.15, 0.2) is 0 Å². The van der Waals surface area contributed by atoms with Crippen LogP contribution in [0.15, 0.2) is 45.3 Å². The molecule has 0 saturated carbocycles. The standard InChI is InChI=1S/C14H10Br3FO/c1-19-12-6-5-8(7-10(12)15)13(16)9-3-2-4-11(18)14(9)17/h2-7,13H,1H3. The molecular weight excluding hydrogens is 443 g/mol. The molecule has 0 saturated heterocycles. The fourth-order valence-electron chi connectivity index (χ4n) is 1.74. The maximum absolute atomic E-state index is 13.6. The van der Waals surface area contributed by atoms with E-state index in [-0.39, 0.29) is 10.6 Å². The van der Waals surface area contributed by atoms with Crippen LogP contribution in [0.1, 0.15) is 16.0 Å². The first-order chi connectivity index (χ1) is 9.04. The topological polar surface area (TPSA) is 9.23 Å². The Hall–Kier alpha value is -0.390. The number of hydrogen-bond donors (Lipinski definition) is 0. The van der Waals surface area contributed by atoms with Crippen molar-refractivity contribution in [2.45, 2.75) is 4.83 Å². The Balaban J connectivity index is 2.41. The molecule has 2 aromatic carbocycles. The fourth-order valence-corrected chi connectivity index (χ4v) is 3.76. The zero-order valence-electron chi connectivity index (χ0n) is 9.96. The molecule has 0 aliphatic heterocycles. The summed E-state index contributed by atoms with van der Waals surface area (Å²) in [6.45, 7) is 0. The van der Waals surface area contributed by atoms with Gasteiger partial charge in [0.1, 0.15) is 11.6 Å². The summed E-state index contributed by atoms with van der Waals surface area (Å²) in [4.78, 5) is -0.0974. The van der Waals surface area contributed by atoms with Gasteiger partial charge in [-0.1, -0.05) is 34.1 Å². The molecule has 0 aliphatic carbocycles. The molecule has 100 valence electrons. The number of methoxy groups -OCH3 is 1. The SMILES string of the molecule is COc1ccc(C(Br)c2cccc(F)c2Br)cc1Br. The maximum Gasteiger partial charge on any atom is 0.137 e. The molecule has 0 aliphatic rings. The molecule has 0 radical (unpaired) electrons. The molecule has 0 spiro atoms. The molecular formula is C14H10Br3FO. The number of hydrogen-bond acceptors (Lipinski definition) is 1. The monoisotopic (exact) mass is 450 g/mol. The summed E-state index contributed by atoms with van der Waals surface area (Å²) in [5, 5.41) is 0. The third-order valence-electron chi connectivity index (χ3n) is 2.72. The van der Waals surface area contributed by atoms with Crippen LogP contribution in [-0.4, -0.2) is 7.11 Å². The third-order valence-corrected chi connectivity index (χ3v) is 5.20. The van der Waals surface area contributed by atoms with Crippen molar-refractivity contribution in [3.8, 4) is 5.75 Å². The Morgan fingerprint density at radius 2 is 1.89 bits per heavy atom. The first kappa shape index (κ1) is 15.0. The molecule has 0 aromatic heterocycles. The molecule has 2 rings (SSSR count). The number of halogens is 4. The second-order valence-electron chi connectivity index (χ2n) is 3.90. The smallest absolute Gasteiger partial charge is 0.137 e. The summed E-state index contributed by atoms with van der Waals surface area (Å²) in [5.74, 6) is 0.497. The molecule has 0 amide bonds. The minimum Gasteiger partial charge on any atom is -0.496 e. The minimum absolute atomic E-state index is 0.0974. The molecule has 5 heteroatoms. The van der Waals surface area contributed by atoms with Gasteiger partial charge in [-0.25, -0.2) is 4.39 Å². The third kappa shape index (κ3) is 3.20. The first-order valence-electron chi connectivity index (χ1n) is 5.46. The van der Waals surface area contributed by atoms with Crippen molar-refractivity contribution in [2.24, 2.45) is 0 Å². The van der Waals surface area contributed by atoms with E-state index in [9.17, 15) is 4.39 Å². The second-order valence-corrected chi connectivity index (χ2v) is 6.46. The lowest BCUT2D eigenvalue weighted by Gasteiger charge is -2.14. The first-order valence-corrected chi connectivity index (χ1v) is 7.96. The molecule has 0 bridgehead atoms. The number of benzene rings is 2. The van der Waals surface area contributed by atoms with Crippen molar-refractivity contribution in [3.63, 3.8) is 0 Å². The van der Waals surface area contributed by atoms with E-state index < -0.39 is 0 Å². The normalized spacial score (nSPS) is 12.3. The summed E-state index contributed by atoms with van der Waals surface area (Å²) in [7, 11) is 1.62. The van der Waals surface area contributed by atoms with Crippen LogP contribution in [0.4, 0.5) is 4.39 Å². The molecule has 1 unspecified atom stereocenters. The van der Waals surface area contributed by atoms with Crippen LogP contribution in [0.2, 0.25) is 0 Å². The van der Waals surface area contributed by atoms with Crippen LogP contribution in [0.25, 0.3) is 0 Å². The van der Waals surface area contributed by atoms with Gasteiger partial charge in [0.2, 0.25) is 0 Å². The highest BCUT2D eigenvalue weighted by Gasteiger charge is 2.16. The van der Waals surface area contributed by atoms with Gasteiger partial charge in [-0.05, 0) is 61.2 Å². The van der Waals surface area contributed by atoms with Gasteiger partial charge in [-0.2, -0.15) is 0 Å². The molecule has 19 heavy (non-hydrogen) atoms. The molecule has 2 aromatic rings. The minimum atomic E-state index is -0.269. The lowest BCUT2D eigenvalue weighted by molar-refractivity contribution is 0.412. The van der Waals surface area contributed by atoms with Crippen LogP contribution >= 0.6 is 47.8 Å². The Labute approximate surface area is 136 Å². The van der Waals surface area contributed by atoms with Crippen molar-refractivity contribution < 1.29 is 9.13 Å². The van der Waals surface area contributed by atoms with Gasteiger partial charge >= 0.3 is 0 Å². The number of ether oxygens (including phenoxy) is 1. The average Bonchev–Trinajstić information content (AvgIpc) is 2.41. The predicted molar refractivity (Wildman–Crippen MR) is 85.6 cm³/mol. The Bertz CT molecular complexity index is 601. The lowest BCUT2D eigenvalue weighted by atomic mass is 10.0. The van der Waals surface area contributed by atoms with Crippen molar-refractivity contribution >= 4 is 47.8 Å². The van der Waals surface area contributed by atoms with Crippen molar-refractivity contribution in [2.75, 3.05) is 7.11 Å². The van der Waals surface area contributed by atoms with Crippen LogP contribution in [-0.2, 0) is 0 Å². The van der Waals surface area contributed by atoms with Gasteiger partial charge in [0.05, 0.1) is 20.9 Å². The molecule has 1 atom stereocenters. The maximum atomic E-state index is 13.6.